The smallest absolute Gasteiger partial charge is 0.333 e. The number of hydrogen-bond acceptors (Lipinski definition) is 2. The second-order valence-electron chi connectivity index (χ2n) is 12.1. The summed E-state index contributed by atoms with van der Waals surface area (Å²) in [5.74, 6) is 0. The van der Waals surface area contributed by atoms with Gasteiger partial charge in [0.25, 0.3) is 0 Å². The third-order valence-electron chi connectivity index (χ3n) is 9.99. The topological polar surface area (TPSA) is 8.17 Å². The molecule has 0 radical (unpaired) electrons. The minimum Gasteiger partial charge on any atom is -0.375 e. The van der Waals surface area contributed by atoms with Gasteiger partial charge in [-0.25, -0.2) is 0 Å². The molecule has 0 N–H and O–H groups in total. The molecule has 0 aliphatic carbocycles. The highest BCUT2D eigenvalue weighted by Crippen LogP contribution is 2.50. The van der Waals surface area contributed by atoms with E-state index in [1.807, 2.05) is 11.3 Å². The van der Waals surface area contributed by atoms with Crippen LogP contribution in [-0.2, 0) is 0 Å². The molecule has 2 nitrogen and oxygen atoms in total. The summed E-state index contributed by atoms with van der Waals surface area (Å²) in [5.41, 5.74) is 11.8. The molecular formula is C40H23BN2S. The molecule has 0 unspecified atom stereocenters. The van der Waals surface area contributed by atoms with Gasteiger partial charge in [0.2, 0.25) is 0 Å². The molecule has 0 atom stereocenters. The van der Waals surface area contributed by atoms with E-state index in [1.54, 1.807) is 0 Å². The van der Waals surface area contributed by atoms with Crippen LogP contribution in [-0.4, -0.2) is 11.3 Å². The Labute approximate surface area is 258 Å². The van der Waals surface area contributed by atoms with E-state index in [2.05, 4.69) is 148 Å². The maximum absolute atomic E-state index is 2.65. The summed E-state index contributed by atoms with van der Waals surface area (Å²) in [6, 6.07) is 49.9. The Hall–Kier alpha value is -5.32. The quantitative estimate of drug-likeness (QED) is 0.177. The Balaban J connectivity index is 1.38. The van der Waals surface area contributed by atoms with Crippen molar-refractivity contribution in [1.82, 2.24) is 4.48 Å². The van der Waals surface area contributed by atoms with Crippen LogP contribution in [0, 0.1) is 0 Å². The lowest BCUT2D eigenvalue weighted by molar-refractivity contribution is 1.28. The van der Waals surface area contributed by atoms with Crippen molar-refractivity contribution in [2.45, 2.75) is 0 Å². The van der Waals surface area contributed by atoms with Crippen LogP contribution in [0.25, 0.3) is 64.6 Å². The maximum atomic E-state index is 2.65. The average Bonchev–Trinajstić information content (AvgIpc) is 3.69. The number of rotatable bonds is 1. The molecule has 9 aromatic rings. The van der Waals surface area contributed by atoms with Crippen molar-refractivity contribution in [3.63, 3.8) is 0 Å². The van der Waals surface area contributed by atoms with Gasteiger partial charge in [-0.15, -0.1) is 11.3 Å². The zero-order valence-electron chi connectivity index (χ0n) is 23.7. The fraction of sp³-hybridized carbons (Fsp3) is 0. The lowest BCUT2D eigenvalue weighted by Crippen LogP contribution is -2.56. The van der Waals surface area contributed by atoms with Gasteiger partial charge in [0.15, 0.2) is 0 Å². The fourth-order valence-corrected chi connectivity index (χ4v) is 9.07. The van der Waals surface area contributed by atoms with E-state index in [0.717, 1.165) is 0 Å². The molecule has 202 valence electrons. The average molecular weight is 575 g/mol. The van der Waals surface area contributed by atoms with Crippen molar-refractivity contribution in [2.75, 3.05) is 4.90 Å². The second kappa shape index (κ2) is 8.19. The molecule has 0 amide bonds. The van der Waals surface area contributed by atoms with Gasteiger partial charge in [0.1, 0.15) is 0 Å². The first kappa shape index (κ1) is 23.2. The standard InChI is InChI=1S/C40H23BN2S/c1-2-10-26-22-27(18-16-24(26)8-1)42-39-28-11-4-3-9-25(28)17-19-34(39)41-37-33(23-36-32(40(37)42)20-21-44-36)31-14-7-13-30-29-12-5-6-15-35(29)43(41)38(30)31/h1-23H. The van der Waals surface area contributed by atoms with Crippen molar-refractivity contribution in [3.8, 4) is 11.1 Å². The molecule has 44 heavy (non-hydrogen) atoms. The molecular weight excluding hydrogens is 551 g/mol. The van der Waals surface area contributed by atoms with Crippen LogP contribution in [0.15, 0.2) is 139 Å². The molecule has 2 aliphatic heterocycles. The van der Waals surface area contributed by atoms with Crippen molar-refractivity contribution >= 4 is 99.6 Å². The number of thiophene rings is 1. The predicted octanol–water partition coefficient (Wildman–Crippen LogP) is 9.73. The third kappa shape index (κ3) is 2.78. The van der Waals surface area contributed by atoms with Crippen LogP contribution in [0.4, 0.5) is 17.1 Å². The molecule has 11 rings (SSSR count). The first-order valence-electron chi connectivity index (χ1n) is 15.2. The first-order chi connectivity index (χ1) is 21.8. The van der Waals surface area contributed by atoms with Gasteiger partial charge in [-0.3, -0.25) is 0 Å². The Kier molecular flexibility index (Phi) is 4.32. The van der Waals surface area contributed by atoms with E-state index in [4.69, 9.17) is 0 Å². The molecule has 7 aromatic carbocycles. The number of nitrogens with zero attached hydrogens (tertiary/aromatic N) is 2. The fourth-order valence-electron chi connectivity index (χ4n) is 8.24. The number of fused-ring (bicyclic) bond motifs is 12. The Morgan fingerprint density at radius 3 is 2.23 bits per heavy atom. The molecule has 4 heterocycles. The largest absolute Gasteiger partial charge is 0.375 e. The highest BCUT2D eigenvalue weighted by molar-refractivity contribution is 7.17. The highest BCUT2D eigenvalue weighted by Gasteiger charge is 2.44. The third-order valence-corrected chi connectivity index (χ3v) is 10.9. The van der Waals surface area contributed by atoms with E-state index in [9.17, 15) is 0 Å². The van der Waals surface area contributed by atoms with Gasteiger partial charge in [0, 0.05) is 48.5 Å². The van der Waals surface area contributed by atoms with Gasteiger partial charge < -0.3 is 9.38 Å². The number of para-hydroxylation sites is 2. The van der Waals surface area contributed by atoms with E-state index in [-0.39, 0.29) is 6.85 Å². The summed E-state index contributed by atoms with van der Waals surface area (Å²) in [4.78, 5) is 2.59. The van der Waals surface area contributed by atoms with Gasteiger partial charge in [0.05, 0.1) is 11.4 Å². The number of aromatic nitrogens is 1. The number of hydrogen-bond donors (Lipinski definition) is 0. The van der Waals surface area contributed by atoms with Gasteiger partial charge in [-0.2, -0.15) is 0 Å². The molecule has 0 saturated heterocycles. The number of anilines is 3. The molecule has 0 spiro atoms. The Bertz CT molecular complexity index is 2700. The van der Waals surface area contributed by atoms with Crippen LogP contribution in [0.2, 0.25) is 0 Å². The summed E-state index contributed by atoms with van der Waals surface area (Å²) in [7, 11) is 0. The van der Waals surface area contributed by atoms with Crippen molar-refractivity contribution < 1.29 is 0 Å². The summed E-state index contributed by atoms with van der Waals surface area (Å²) < 4.78 is 3.98. The van der Waals surface area contributed by atoms with E-state index < -0.39 is 0 Å². The minimum atomic E-state index is 0.0536. The molecule has 0 bridgehead atoms. The zero-order chi connectivity index (χ0) is 28.5. The molecule has 2 aromatic heterocycles. The first-order valence-corrected chi connectivity index (χ1v) is 16.1. The molecule has 0 fully saturated rings. The van der Waals surface area contributed by atoms with Crippen LogP contribution >= 0.6 is 11.3 Å². The Morgan fingerprint density at radius 2 is 1.30 bits per heavy atom. The van der Waals surface area contributed by atoms with Gasteiger partial charge in [-0.1, -0.05) is 103 Å². The van der Waals surface area contributed by atoms with Gasteiger partial charge in [-0.05, 0) is 68.4 Å². The minimum absolute atomic E-state index is 0.0536. The van der Waals surface area contributed by atoms with E-state index in [1.165, 1.54) is 92.6 Å². The number of benzene rings is 7. The predicted molar refractivity (Wildman–Crippen MR) is 190 cm³/mol. The van der Waals surface area contributed by atoms with E-state index in [0.29, 0.717) is 0 Å². The monoisotopic (exact) mass is 574 g/mol. The maximum Gasteiger partial charge on any atom is 0.333 e. The Morgan fingerprint density at radius 1 is 0.523 bits per heavy atom. The zero-order valence-corrected chi connectivity index (χ0v) is 24.5. The van der Waals surface area contributed by atoms with Gasteiger partial charge >= 0.3 is 6.85 Å². The van der Waals surface area contributed by atoms with Crippen LogP contribution < -0.4 is 15.8 Å². The molecule has 2 aliphatic rings. The summed E-state index contributed by atoms with van der Waals surface area (Å²) in [5, 5.41) is 11.3. The van der Waals surface area contributed by atoms with Crippen molar-refractivity contribution in [2.24, 2.45) is 0 Å². The van der Waals surface area contributed by atoms with E-state index >= 15 is 0 Å². The second-order valence-corrected chi connectivity index (χ2v) is 13.0. The lowest BCUT2D eigenvalue weighted by atomic mass is 9.44. The molecule has 0 saturated carbocycles. The van der Waals surface area contributed by atoms with Crippen molar-refractivity contribution in [3.05, 3.63) is 139 Å². The normalized spacial score (nSPS) is 13.4. The van der Waals surface area contributed by atoms with Crippen molar-refractivity contribution in [1.29, 1.82) is 0 Å². The van der Waals surface area contributed by atoms with Crippen LogP contribution in [0.5, 0.6) is 0 Å². The summed E-state index contributed by atoms with van der Waals surface area (Å²) in [6.07, 6.45) is 0. The SMILES string of the molecule is c1ccc2cc(N3c4c(ccc5ccccc45)B4c5c(cc6sccc6c53)-c3cccc5c6ccccc6n4c35)ccc2c1. The highest BCUT2D eigenvalue weighted by atomic mass is 32.1. The van der Waals surface area contributed by atoms with Crippen LogP contribution in [0.3, 0.4) is 0 Å². The molecule has 4 heteroatoms. The van der Waals surface area contributed by atoms with Crippen LogP contribution in [0.1, 0.15) is 0 Å². The summed E-state index contributed by atoms with van der Waals surface area (Å²) in [6.45, 7) is 0.0536. The summed E-state index contributed by atoms with van der Waals surface area (Å²) >= 11 is 1.84. The lowest BCUT2D eigenvalue weighted by Gasteiger charge is -2.41.